The highest BCUT2D eigenvalue weighted by Crippen LogP contribution is 2.30. The van der Waals surface area contributed by atoms with E-state index in [0.717, 1.165) is 17.8 Å². The summed E-state index contributed by atoms with van der Waals surface area (Å²) < 4.78 is 0. The minimum Gasteiger partial charge on any atom is -0.867 e. The number of aryl methyl sites for hydroxylation is 1. The number of carbonyl (C=O) groups is 2. The Kier molecular flexibility index (Phi) is 5.51. The first-order valence-corrected chi connectivity index (χ1v) is 8.98. The first-order valence-electron chi connectivity index (χ1n) is 8.61. The van der Waals surface area contributed by atoms with E-state index in [-0.39, 0.29) is 10.6 Å². The summed E-state index contributed by atoms with van der Waals surface area (Å²) in [6.45, 7) is 1.59. The number of urea groups is 1. The fraction of sp³-hybridized carbons (Fsp3) is 0.211. The fourth-order valence-electron chi connectivity index (χ4n) is 2.93. The molecule has 1 atom stereocenters. The number of benzene rings is 2. The number of amides is 3. The third-order valence-electron chi connectivity index (χ3n) is 4.57. The molecule has 2 aromatic carbocycles. The summed E-state index contributed by atoms with van der Waals surface area (Å²) in [6.07, 6.45) is 1.83. The van der Waals surface area contributed by atoms with Crippen LogP contribution in [0.2, 0.25) is 5.02 Å². The molecule has 0 aliphatic carbocycles. The molecule has 1 saturated heterocycles. The molecule has 0 saturated carbocycles. The Morgan fingerprint density at radius 2 is 1.97 bits per heavy atom. The fourth-order valence-corrected chi connectivity index (χ4v) is 3.15. The maximum atomic E-state index is 12.7. The van der Waals surface area contributed by atoms with Crippen LogP contribution in [0.1, 0.15) is 24.5 Å². The summed E-state index contributed by atoms with van der Waals surface area (Å²) in [4.78, 5) is 35.0. The van der Waals surface area contributed by atoms with E-state index in [4.69, 9.17) is 11.6 Å². The average Bonchev–Trinajstić information content (AvgIpc) is 2.90. The van der Waals surface area contributed by atoms with Crippen molar-refractivity contribution in [3.05, 3.63) is 68.7 Å². The molecule has 3 rings (SSSR count). The minimum atomic E-state index is -1.16. The highest BCUT2D eigenvalue weighted by Gasteiger charge is 2.47. The number of halogens is 1. The van der Waals surface area contributed by atoms with E-state index in [9.17, 15) is 24.8 Å². The van der Waals surface area contributed by atoms with Crippen LogP contribution < -0.4 is 10.4 Å². The molecule has 1 heterocycles. The van der Waals surface area contributed by atoms with Gasteiger partial charge in [-0.25, -0.2) is 4.79 Å². The number of hydrogen-bond acceptors (Lipinski definition) is 6. The third kappa shape index (κ3) is 4.19. The minimum absolute atomic E-state index is 0.0392. The number of hydrazone groups is 1. The zero-order valence-corrected chi connectivity index (χ0v) is 16.0. The molecule has 0 bridgehead atoms. The lowest BCUT2D eigenvalue weighted by atomic mass is 9.93. The number of nitrogens with zero attached hydrogens (tertiary/aromatic N) is 3. The number of rotatable bonds is 6. The number of hydrogen-bond donors (Lipinski definition) is 1. The largest absolute Gasteiger partial charge is 0.867 e. The van der Waals surface area contributed by atoms with Crippen LogP contribution in [0.5, 0.6) is 5.75 Å². The zero-order chi connectivity index (χ0) is 21.2. The first kappa shape index (κ1) is 20.3. The molecule has 2 aromatic rings. The Hall–Kier alpha value is -3.46. The van der Waals surface area contributed by atoms with Crippen LogP contribution in [0.3, 0.4) is 0 Å². The number of nitro groups is 1. The number of nitro benzene ring substituents is 1. The summed E-state index contributed by atoms with van der Waals surface area (Å²) >= 11 is 5.80. The highest BCUT2D eigenvalue weighted by atomic mass is 35.5. The summed E-state index contributed by atoms with van der Waals surface area (Å²) in [5, 5.41) is 30.0. The maximum Gasteiger partial charge on any atom is 0.346 e. The van der Waals surface area contributed by atoms with Crippen molar-refractivity contribution in [2.45, 2.75) is 25.3 Å². The van der Waals surface area contributed by atoms with E-state index in [0.29, 0.717) is 17.9 Å². The Morgan fingerprint density at radius 3 is 2.62 bits per heavy atom. The molecule has 0 unspecified atom stereocenters. The van der Waals surface area contributed by atoms with E-state index >= 15 is 0 Å². The summed E-state index contributed by atoms with van der Waals surface area (Å²) in [6, 6.07) is 10.8. The molecule has 0 aromatic heterocycles. The third-order valence-corrected chi connectivity index (χ3v) is 4.79. The van der Waals surface area contributed by atoms with Crippen molar-refractivity contribution in [3.63, 3.8) is 0 Å². The summed E-state index contributed by atoms with van der Waals surface area (Å²) in [5.41, 5.74) is -1.07. The van der Waals surface area contributed by atoms with E-state index in [1.165, 1.54) is 6.07 Å². The lowest BCUT2D eigenvalue weighted by molar-refractivity contribution is -0.398. The van der Waals surface area contributed by atoms with Gasteiger partial charge >= 0.3 is 6.03 Å². The Bertz CT molecular complexity index is 1010. The highest BCUT2D eigenvalue weighted by molar-refractivity contribution is 6.31. The van der Waals surface area contributed by atoms with Crippen molar-refractivity contribution < 1.29 is 19.6 Å². The predicted molar refractivity (Wildman–Crippen MR) is 104 cm³/mol. The molecule has 1 aliphatic heterocycles. The van der Waals surface area contributed by atoms with Crippen molar-refractivity contribution in [3.8, 4) is 5.75 Å². The number of imide groups is 1. The van der Waals surface area contributed by atoms with Gasteiger partial charge in [0, 0.05) is 11.1 Å². The van der Waals surface area contributed by atoms with E-state index < -0.39 is 33.8 Å². The number of nitrogens with one attached hydrogen (secondary N) is 1. The molecule has 0 radical (unpaired) electrons. The van der Waals surface area contributed by atoms with Gasteiger partial charge in [0.1, 0.15) is 5.54 Å². The van der Waals surface area contributed by atoms with Crippen molar-refractivity contribution >= 4 is 35.4 Å². The molecule has 3 amide bonds. The van der Waals surface area contributed by atoms with Crippen molar-refractivity contribution in [2.75, 3.05) is 0 Å². The lowest BCUT2D eigenvalue weighted by Crippen LogP contribution is -2.44. The van der Waals surface area contributed by atoms with E-state index in [1.54, 1.807) is 6.92 Å². The second-order valence-corrected chi connectivity index (χ2v) is 7.15. The van der Waals surface area contributed by atoms with Crippen LogP contribution in [-0.2, 0) is 11.2 Å². The molecule has 29 heavy (non-hydrogen) atoms. The van der Waals surface area contributed by atoms with Gasteiger partial charge in [-0.15, -0.1) is 5.01 Å². The van der Waals surface area contributed by atoms with Gasteiger partial charge in [0.15, 0.2) is 0 Å². The normalized spacial score (nSPS) is 19.0. The second-order valence-electron chi connectivity index (χ2n) is 6.71. The van der Waals surface area contributed by atoms with Crippen LogP contribution >= 0.6 is 11.6 Å². The Labute approximate surface area is 170 Å². The van der Waals surface area contributed by atoms with Gasteiger partial charge < -0.3 is 10.4 Å². The van der Waals surface area contributed by atoms with Crippen LogP contribution in [0.25, 0.3) is 0 Å². The van der Waals surface area contributed by atoms with Crippen molar-refractivity contribution in [2.24, 2.45) is 5.10 Å². The average molecular weight is 416 g/mol. The molecule has 0 spiro atoms. The number of carbonyl (C=O) groups excluding carboxylic acids is 2. The molecule has 150 valence electrons. The Balaban J connectivity index is 1.79. The van der Waals surface area contributed by atoms with Crippen LogP contribution in [0, 0.1) is 10.1 Å². The van der Waals surface area contributed by atoms with Gasteiger partial charge in [-0.1, -0.05) is 41.9 Å². The maximum absolute atomic E-state index is 12.7. The van der Waals surface area contributed by atoms with Gasteiger partial charge in [-0.05, 0) is 42.7 Å². The van der Waals surface area contributed by atoms with Crippen LogP contribution in [0.4, 0.5) is 10.5 Å². The molecule has 1 fully saturated rings. The first-order chi connectivity index (χ1) is 13.7. The molecule has 10 heteroatoms. The van der Waals surface area contributed by atoms with Gasteiger partial charge in [-0.2, -0.15) is 5.10 Å². The van der Waals surface area contributed by atoms with Gasteiger partial charge in [0.25, 0.3) is 11.6 Å². The quantitative estimate of drug-likeness (QED) is 0.335. The van der Waals surface area contributed by atoms with Gasteiger partial charge in [0.2, 0.25) is 0 Å². The van der Waals surface area contributed by atoms with Gasteiger partial charge in [0.05, 0.1) is 11.1 Å². The van der Waals surface area contributed by atoms with Crippen molar-refractivity contribution in [1.29, 1.82) is 0 Å². The van der Waals surface area contributed by atoms with Gasteiger partial charge in [-0.3, -0.25) is 14.9 Å². The molecular weight excluding hydrogens is 400 g/mol. The molecule has 1 aliphatic rings. The molecule has 9 nitrogen and oxygen atoms in total. The smallest absolute Gasteiger partial charge is 0.346 e. The van der Waals surface area contributed by atoms with Crippen LogP contribution in [-0.4, -0.2) is 33.6 Å². The monoisotopic (exact) mass is 415 g/mol. The van der Waals surface area contributed by atoms with E-state index in [2.05, 4.69) is 10.4 Å². The van der Waals surface area contributed by atoms with Crippen molar-refractivity contribution in [1.82, 2.24) is 10.3 Å². The Morgan fingerprint density at radius 1 is 1.28 bits per heavy atom. The van der Waals surface area contributed by atoms with Crippen LogP contribution in [0.15, 0.2) is 47.6 Å². The SMILES string of the molecule is C[C@@]1(CCc2ccccc2)NC(=O)N(/N=C\c2cc(Cl)cc([N+](=O)[O-])c2[O-])C1=O. The zero-order valence-electron chi connectivity index (χ0n) is 15.3. The predicted octanol–water partition coefficient (Wildman–Crippen LogP) is 2.60. The molecular formula is C19H16ClN4O5-. The lowest BCUT2D eigenvalue weighted by Gasteiger charge is -2.20. The van der Waals surface area contributed by atoms with E-state index in [1.807, 2.05) is 30.3 Å². The topological polar surface area (TPSA) is 128 Å². The summed E-state index contributed by atoms with van der Waals surface area (Å²) in [5.74, 6) is -1.50. The summed E-state index contributed by atoms with van der Waals surface area (Å²) in [7, 11) is 0. The standard InChI is InChI=1S/C19H17ClN4O5/c1-19(8-7-12-5-3-2-4-6-12)17(26)23(18(27)22-19)21-11-13-9-14(20)10-15(16(13)25)24(28)29/h2-6,9-11,25H,7-8H2,1H3,(H,22,27)/p-1/b21-11-/t19-/m0/s1. The molecule has 1 N–H and O–H groups in total. The second kappa shape index (κ2) is 7.88.